The maximum atomic E-state index is 8.43. The van der Waals surface area contributed by atoms with Crippen LogP contribution in [-0.4, -0.2) is 6.54 Å². The highest BCUT2D eigenvalue weighted by molar-refractivity contribution is 5.51. The molecule has 0 unspecified atom stereocenters. The summed E-state index contributed by atoms with van der Waals surface area (Å²) in [6.07, 6.45) is 5.01. The largest absolute Gasteiger partial charge is 0.385 e. The van der Waals surface area contributed by atoms with E-state index in [1.54, 1.807) is 0 Å². The van der Waals surface area contributed by atoms with Crippen LogP contribution in [0.1, 0.15) is 38.2 Å². The van der Waals surface area contributed by atoms with Crippen molar-refractivity contribution in [1.82, 2.24) is 0 Å². The fourth-order valence-corrected chi connectivity index (χ4v) is 1.73. The molecular formula is C14H20N2. The van der Waals surface area contributed by atoms with E-state index in [0.29, 0.717) is 6.42 Å². The van der Waals surface area contributed by atoms with E-state index in [-0.39, 0.29) is 0 Å². The monoisotopic (exact) mass is 216 g/mol. The Morgan fingerprint density at radius 1 is 1.25 bits per heavy atom. The molecule has 0 saturated heterocycles. The van der Waals surface area contributed by atoms with Crippen LogP contribution < -0.4 is 5.32 Å². The van der Waals surface area contributed by atoms with E-state index >= 15 is 0 Å². The molecule has 1 aromatic carbocycles. The van der Waals surface area contributed by atoms with E-state index in [9.17, 15) is 0 Å². The minimum Gasteiger partial charge on any atom is -0.385 e. The number of hydrogen-bond acceptors (Lipinski definition) is 2. The van der Waals surface area contributed by atoms with Gasteiger partial charge in [-0.1, -0.05) is 31.5 Å². The summed E-state index contributed by atoms with van der Waals surface area (Å²) >= 11 is 0. The Hall–Kier alpha value is -1.49. The van der Waals surface area contributed by atoms with E-state index in [2.05, 4.69) is 42.6 Å². The molecule has 0 aliphatic heterocycles. The zero-order chi connectivity index (χ0) is 11.6. The third kappa shape index (κ3) is 4.35. The number of nitrogens with zero attached hydrogens (tertiary/aromatic N) is 1. The van der Waals surface area contributed by atoms with E-state index in [0.717, 1.165) is 25.8 Å². The molecule has 0 aliphatic carbocycles. The van der Waals surface area contributed by atoms with Gasteiger partial charge in [-0.3, -0.25) is 0 Å². The van der Waals surface area contributed by atoms with Crippen LogP contribution >= 0.6 is 0 Å². The predicted molar refractivity (Wildman–Crippen MR) is 68.4 cm³/mol. The zero-order valence-electron chi connectivity index (χ0n) is 10.00. The Balaban J connectivity index is 2.38. The summed E-state index contributed by atoms with van der Waals surface area (Å²) in [4.78, 5) is 0. The van der Waals surface area contributed by atoms with Gasteiger partial charge in [0, 0.05) is 18.7 Å². The average Bonchev–Trinajstić information content (AvgIpc) is 2.31. The Morgan fingerprint density at radius 3 is 2.81 bits per heavy atom. The number of nitriles is 1. The van der Waals surface area contributed by atoms with Gasteiger partial charge in [0.15, 0.2) is 0 Å². The molecule has 16 heavy (non-hydrogen) atoms. The molecule has 2 heteroatoms. The minimum atomic E-state index is 0.665. The maximum absolute atomic E-state index is 8.43. The first kappa shape index (κ1) is 12.6. The summed E-state index contributed by atoms with van der Waals surface area (Å²) in [5.41, 5.74) is 2.64. The lowest BCUT2D eigenvalue weighted by molar-refractivity contribution is 0.783. The van der Waals surface area contributed by atoms with Crippen molar-refractivity contribution in [2.24, 2.45) is 0 Å². The predicted octanol–water partition coefficient (Wildman–Crippen LogP) is 3.74. The van der Waals surface area contributed by atoms with Gasteiger partial charge < -0.3 is 5.32 Å². The van der Waals surface area contributed by atoms with Crippen molar-refractivity contribution in [3.8, 4) is 6.07 Å². The van der Waals surface area contributed by atoms with Crippen molar-refractivity contribution in [2.45, 2.75) is 39.0 Å². The van der Waals surface area contributed by atoms with Crippen molar-refractivity contribution in [3.63, 3.8) is 0 Å². The van der Waals surface area contributed by atoms with Gasteiger partial charge in [-0.15, -0.1) is 0 Å². The van der Waals surface area contributed by atoms with Gasteiger partial charge >= 0.3 is 0 Å². The lowest BCUT2D eigenvalue weighted by Crippen LogP contribution is -2.03. The minimum absolute atomic E-state index is 0.665. The van der Waals surface area contributed by atoms with Gasteiger partial charge in [0.25, 0.3) is 0 Å². The van der Waals surface area contributed by atoms with Crippen LogP contribution in [0.5, 0.6) is 0 Å². The van der Waals surface area contributed by atoms with Crippen LogP contribution in [0.25, 0.3) is 0 Å². The highest BCUT2D eigenvalue weighted by atomic mass is 14.9. The molecule has 2 nitrogen and oxygen atoms in total. The lowest BCUT2D eigenvalue weighted by Gasteiger charge is -2.10. The van der Waals surface area contributed by atoms with Gasteiger partial charge in [-0.2, -0.15) is 5.26 Å². The van der Waals surface area contributed by atoms with E-state index in [1.807, 2.05) is 0 Å². The summed E-state index contributed by atoms with van der Waals surface area (Å²) < 4.78 is 0. The molecular weight excluding hydrogens is 196 g/mol. The first-order valence-corrected chi connectivity index (χ1v) is 6.07. The molecule has 0 spiro atoms. The molecule has 86 valence electrons. The van der Waals surface area contributed by atoms with Crippen LogP contribution in [0.2, 0.25) is 0 Å². The molecule has 1 N–H and O–H groups in total. The van der Waals surface area contributed by atoms with E-state index < -0.39 is 0 Å². The van der Waals surface area contributed by atoms with Crippen LogP contribution in [0, 0.1) is 11.3 Å². The molecule has 0 aliphatic rings. The van der Waals surface area contributed by atoms with Crippen LogP contribution in [0.4, 0.5) is 5.69 Å². The summed E-state index contributed by atoms with van der Waals surface area (Å²) in [6.45, 7) is 3.16. The number of unbranched alkanes of at least 4 members (excludes halogenated alkanes) is 2. The van der Waals surface area contributed by atoms with E-state index in [4.69, 9.17) is 5.26 Å². The van der Waals surface area contributed by atoms with E-state index in [1.165, 1.54) is 17.7 Å². The Morgan fingerprint density at radius 2 is 2.06 bits per heavy atom. The third-order valence-electron chi connectivity index (χ3n) is 2.57. The first-order valence-electron chi connectivity index (χ1n) is 6.07. The van der Waals surface area contributed by atoms with Gasteiger partial charge in [0.1, 0.15) is 0 Å². The number of nitrogens with one attached hydrogen (secondary N) is 1. The summed E-state index contributed by atoms with van der Waals surface area (Å²) in [5, 5.41) is 11.9. The van der Waals surface area contributed by atoms with Gasteiger partial charge in [0.2, 0.25) is 0 Å². The Kier molecular flexibility index (Phi) is 6.10. The van der Waals surface area contributed by atoms with Crippen LogP contribution in [0.15, 0.2) is 24.3 Å². The molecule has 0 fully saturated rings. The lowest BCUT2D eigenvalue weighted by atomic mass is 10.1. The third-order valence-corrected chi connectivity index (χ3v) is 2.57. The second kappa shape index (κ2) is 7.76. The van der Waals surface area contributed by atoms with Crippen molar-refractivity contribution < 1.29 is 0 Å². The summed E-state index contributed by atoms with van der Waals surface area (Å²) in [7, 11) is 0. The number of para-hydroxylation sites is 1. The maximum Gasteiger partial charge on any atom is 0.0621 e. The SMILES string of the molecule is CCCc1ccccc1NCCCCC#N. The Bertz CT molecular complexity index is 339. The smallest absolute Gasteiger partial charge is 0.0621 e. The van der Waals surface area contributed by atoms with Crippen molar-refractivity contribution in [1.29, 1.82) is 5.26 Å². The highest BCUT2D eigenvalue weighted by Crippen LogP contribution is 2.16. The molecule has 0 aromatic heterocycles. The highest BCUT2D eigenvalue weighted by Gasteiger charge is 1.99. The molecule has 0 heterocycles. The number of hydrogen-bond donors (Lipinski definition) is 1. The summed E-state index contributed by atoms with van der Waals surface area (Å²) in [5.74, 6) is 0. The molecule has 0 bridgehead atoms. The number of anilines is 1. The Labute approximate surface area is 98.3 Å². The molecule has 1 rings (SSSR count). The quantitative estimate of drug-likeness (QED) is 0.705. The summed E-state index contributed by atoms with van der Waals surface area (Å²) in [6, 6.07) is 10.6. The second-order valence-electron chi connectivity index (χ2n) is 3.95. The molecule has 1 aromatic rings. The van der Waals surface area contributed by atoms with Gasteiger partial charge in [0.05, 0.1) is 6.07 Å². The number of aryl methyl sites for hydroxylation is 1. The molecule has 0 amide bonds. The number of rotatable bonds is 7. The normalized spacial score (nSPS) is 9.75. The average molecular weight is 216 g/mol. The zero-order valence-corrected chi connectivity index (χ0v) is 10.00. The topological polar surface area (TPSA) is 35.8 Å². The van der Waals surface area contributed by atoms with Gasteiger partial charge in [-0.05, 0) is 30.9 Å². The molecule has 0 radical (unpaired) electrons. The fraction of sp³-hybridized carbons (Fsp3) is 0.500. The van der Waals surface area contributed by atoms with Crippen LogP contribution in [0.3, 0.4) is 0 Å². The standard InChI is InChI=1S/C14H20N2/c1-2-8-13-9-4-5-10-14(13)16-12-7-3-6-11-15/h4-5,9-10,16H,2-3,6-8,12H2,1H3. The molecule has 0 saturated carbocycles. The van der Waals surface area contributed by atoms with Gasteiger partial charge in [-0.25, -0.2) is 0 Å². The van der Waals surface area contributed by atoms with Crippen molar-refractivity contribution in [2.75, 3.05) is 11.9 Å². The van der Waals surface area contributed by atoms with Crippen molar-refractivity contribution in [3.05, 3.63) is 29.8 Å². The second-order valence-corrected chi connectivity index (χ2v) is 3.95. The van der Waals surface area contributed by atoms with Crippen LogP contribution in [-0.2, 0) is 6.42 Å². The van der Waals surface area contributed by atoms with Crippen molar-refractivity contribution >= 4 is 5.69 Å². The molecule has 0 atom stereocenters. The fourth-order valence-electron chi connectivity index (χ4n) is 1.73. The number of benzene rings is 1. The first-order chi connectivity index (χ1) is 7.88.